The summed E-state index contributed by atoms with van der Waals surface area (Å²) in [7, 11) is 0.653. The molecule has 0 fully saturated rings. The van der Waals surface area contributed by atoms with Gasteiger partial charge >= 0.3 is 0 Å². The first-order valence-corrected chi connectivity index (χ1v) is 12.1. The fourth-order valence-electron chi connectivity index (χ4n) is 3.46. The first-order valence-electron chi connectivity index (χ1n) is 10.6. The lowest BCUT2D eigenvalue weighted by Gasteiger charge is -2.14. The molecule has 0 saturated heterocycles. The molecule has 0 aliphatic rings. The van der Waals surface area contributed by atoms with Gasteiger partial charge in [-0.25, -0.2) is 13.1 Å². The normalized spacial score (nSPS) is 11.3. The summed E-state index contributed by atoms with van der Waals surface area (Å²) >= 11 is 0. The standard InChI is InChI=1S/C25H25N3O6S/c1-16-8-10-18(11-9-16)24-27-25(34-28-24)19-6-5-7-20(14-19)35(29,30)26-15-17-12-21(31-2)23(33-4)22(13-17)32-3/h5-14,26H,15H2,1-4H3. The van der Waals surface area contributed by atoms with Crippen molar-refractivity contribution in [2.45, 2.75) is 18.4 Å². The van der Waals surface area contributed by atoms with E-state index in [1.165, 1.54) is 33.5 Å². The van der Waals surface area contributed by atoms with E-state index >= 15 is 0 Å². The Morgan fingerprint density at radius 3 is 2.20 bits per heavy atom. The summed E-state index contributed by atoms with van der Waals surface area (Å²) in [6, 6.07) is 17.4. The molecular formula is C25H25N3O6S. The summed E-state index contributed by atoms with van der Waals surface area (Å²) in [6.45, 7) is 2.01. The zero-order valence-corrected chi connectivity index (χ0v) is 20.5. The van der Waals surface area contributed by atoms with Crippen molar-refractivity contribution in [2.75, 3.05) is 21.3 Å². The minimum Gasteiger partial charge on any atom is -0.493 e. The maximum atomic E-state index is 13.0. The quantitative estimate of drug-likeness (QED) is 0.367. The molecule has 1 aromatic heterocycles. The first kappa shape index (κ1) is 24.2. The fourth-order valence-corrected chi connectivity index (χ4v) is 4.52. The van der Waals surface area contributed by atoms with Gasteiger partial charge in [0.05, 0.1) is 26.2 Å². The average Bonchev–Trinajstić information content (AvgIpc) is 3.37. The van der Waals surface area contributed by atoms with Crippen LogP contribution in [0.25, 0.3) is 22.8 Å². The third-order valence-corrected chi connectivity index (χ3v) is 6.72. The van der Waals surface area contributed by atoms with Crippen LogP contribution in [-0.2, 0) is 16.6 Å². The van der Waals surface area contributed by atoms with E-state index in [-0.39, 0.29) is 17.3 Å². The molecule has 182 valence electrons. The van der Waals surface area contributed by atoms with Gasteiger partial charge in [0.1, 0.15) is 0 Å². The van der Waals surface area contributed by atoms with Crippen molar-refractivity contribution in [3.63, 3.8) is 0 Å². The maximum Gasteiger partial charge on any atom is 0.258 e. The van der Waals surface area contributed by atoms with E-state index in [2.05, 4.69) is 14.9 Å². The molecule has 0 radical (unpaired) electrons. The van der Waals surface area contributed by atoms with Gasteiger partial charge in [-0.3, -0.25) is 0 Å². The molecule has 10 heteroatoms. The molecule has 0 aliphatic carbocycles. The van der Waals surface area contributed by atoms with Crippen molar-refractivity contribution in [3.8, 4) is 40.1 Å². The highest BCUT2D eigenvalue weighted by Gasteiger charge is 2.19. The van der Waals surface area contributed by atoms with Crippen molar-refractivity contribution < 1.29 is 27.2 Å². The van der Waals surface area contributed by atoms with Gasteiger partial charge in [-0.15, -0.1) is 0 Å². The number of hydrogen-bond acceptors (Lipinski definition) is 8. The lowest BCUT2D eigenvalue weighted by molar-refractivity contribution is 0.323. The van der Waals surface area contributed by atoms with Crippen LogP contribution in [-0.4, -0.2) is 39.9 Å². The molecule has 0 bridgehead atoms. The van der Waals surface area contributed by atoms with Crippen molar-refractivity contribution in [2.24, 2.45) is 0 Å². The van der Waals surface area contributed by atoms with Crippen molar-refractivity contribution in [1.29, 1.82) is 0 Å². The smallest absolute Gasteiger partial charge is 0.258 e. The highest BCUT2D eigenvalue weighted by atomic mass is 32.2. The van der Waals surface area contributed by atoms with E-state index in [1.54, 1.807) is 24.3 Å². The van der Waals surface area contributed by atoms with Crippen LogP contribution < -0.4 is 18.9 Å². The summed E-state index contributed by atoms with van der Waals surface area (Å²) in [4.78, 5) is 4.49. The fraction of sp³-hybridized carbons (Fsp3) is 0.200. The molecule has 3 aromatic carbocycles. The zero-order chi connectivity index (χ0) is 25.0. The van der Waals surface area contributed by atoms with E-state index in [0.29, 0.717) is 34.2 Å². The largest absolute Gasteiger partial charge is 0.493 e. The molecule has 1 heterocycles. The number of nitrogens with one attached hydrogen (secondary N) is 1. The lowest BCUT2D eigenvalue weighted by atomic mass is 10.1. The van der Waals surface area contributed by atoms with Gasteiger partial charge < -0.3 is 18.7 Å². The van der Waals surface area contributed by atoms with Crippen LogP contribution in [0, 0.1) is 6.92 Å². The third-order valence-electron chi connectivity index (χ3n) is 5.32. The molecule has 9 nitrogen and oxygen atoms in total. The van der Waals surface area contributed by atoms with Gasteiger partial charge in [0.25, 0.3) is 5.89 Å². The number of sulfonamides is 1. The Labute approximate surface area is 203 Å². The first-order chi connectivity index (χ1) is 16.8. The Hall–Kier alpha value is -3.89. The molecule has 0 amide bonds. The van der Waals surface area contributed by atoms with Crippen LogP contribution in [0.2, 0.25) is 0 Å². The Balaban J connectivity index is 1.55. The lowest BCUT2D eigenvalue weighted by Crippen LogP contribution is -2.23. The maximum absolute atomic E-state index is 13.0. The van der Waals surface area contributed by atoms with Gasteiger partial charge in [-0.05, 0) is 42.8 Å². The average molecular weight is 496 g/mol. The zero-order valence-electron chi connectivity index (χ0n) is 19.7. The number of rotatable bonds is 9. The summed E-state index contributed by atoms with van der Waals surface area (Å²) in [5.74, 6) is 1.95. The molecular weight excluding hydrogens is 470 g/mol. The van der Waals surface area contributed by atoms with Crippen LogP contribution in [0.4, 0.5) is 0 Å². The molecule has 0 spiro atoms. The predicted octanol–water partition coefficient (Wildman–Crippen LogP) is 4.22. The SMILES string of the molecule is COc1cc(CNS(=O)(=O)c2cccc(-c3nc(-c4ccc(C)cc4)no3)c2)cc(OC)c1OC. The Morgan fingerprint density at radius 1 is 0.886 bits per heavy atom. The van der Waals surface area contributed by atoms with Crippen LogP contribution in [0.1, 0.15) is 11.1 Å². The van der Waals surface area contributed by atoms with E-state index in [1.807, 2.05) is 31.2 Å². The predicted molar refractivity (Wildman–Crippen MR) is 130 cm³/mol. The van der Waals surface area contributed by atoms with E-state index in [0.717, 1.165) is 11.1 Å². The second kappa shape index (κ2) is 10.2. The van der Waals surface area contributed by atoms with Crippen molar-refractivity contribution >= 4 is 10.0 Å². The van der Waals surface area contributed by atoms with Crippen LogP contribution >= 0.6 is 0 Å². The molecule has 0 unspecified atom stereocenters. The molecule has 0 aliphatic heterocycles. The minimum atomic E-state index is -3.85. The third kappa shape index (κ3) is 5.28. The summed E-state index contributed by atoms with van der Waals surface area (Å²) in [6.07, 6.45) is 0. The molecule has 1 N–H and O–H groups in total. The molecule has 4 aromatic rings. The van der Waals surface area contributed by atoms with E-state index in [4.69, 9.17) is 18.7 Å². The number of ether oxygens (including phenoxy) is 3. The number of nitrogens with zero attached hydrogens (tertiary/aromatic N) is 2. The Kier molecular flexibility index (Phi) is 7.04. The number of aromatic nitrogens is 2. The second-order valence-corrected chi connectivity index (χ2v) is 9.44. The van der Waals surface area contributed by atoms with Crippen molar-refractivity contribution in [3.05, 3.63) is 71.8 Å². The molecule has 0 saturated carbocycles. The number of methoxy groups -OCH3 is 3. The van der Waals surface area contributed by atoms with Crippen LogP contribution in [0.3, 0.4) is 0 Å². The highest BCUT2D eigenvalue weighted by molar-refractivity contribution is 7.89. The number of hydrogen-bond donors (Lipinski definition) is 1. The van der Waals surface area contributed by atoms with Gasteiger partial charge in [-0.2, -0.15) is 4.98 Å². The molecule has 0 atom stereocenters. The second-order valence-electron chi connectivity index (χ2n) is 7.68. The van der Waals surface area contributed by atoms with E-state index < -0.39 is 10.0 Å². The van der Waals surface area contributed by atoms with E-state index in [9.17, 15) is 8.42 Å². The van der Waals surface area contributed by atoms with Crippen molar-refractivity contribution in [1.82, 2.24) is 14.9 Å². The van der Waals surface area contributed by atoms with Crippen LogP contribution in [0.5, 0.6) is 17.2 Å². The Bertz CT molecular complexity index is 1410. The topological polar surface area (TPSA) is 113 Å². The molecule has 4 rings (SSSR count). The van der Waals surface area contributed by atoms with Gasteiger partial charge in [-0.1, -0.05) is 41.1 Å². The summed E-state index contributed by atoms with van der Waals surface area (Å²) in [5, 5.41) is 4.02. The summed E-state index contributed by atoms with van der Waals surface area (Å²) in [5.41, 5.74) is 3.06. The Morgan fingerprint density at radius 2 is 1.57 bits per heavy atom. The number of benzene rings is 3. The van der Waals surface area contributed by atoms with Gasteiger partial charge in [0, 0.05) is 17.7 Å². The monoisotopic (exact) mass is 495 g/mol. The highest BCUT2D eigenvalue weighted by Crippen LogP contribution is 2.38. The minimum absolute atomic E-state index is 0.0153. The van der Waals surface area contributed by atoms with Gasteiger partial charge in [0.15, 0.2) is 11.5 Å². The van der Waals surface area contributed by atoms with Gasteiger partial charge in [0.2, 0.25) is 21.6 Å². The number of aryl methyl sites for hydroxylation is 1. The van der Waals surface area contributed by atoms with Crippen LogP contribution in [0.15, 0.2) is 70.1 Å². The molecule has 35 heavy (non-hydrogen) atoms. The summed E-state index contributed by atoms with van der Waals surface area (Å²) < 4.78 is 50.0.